The van der Waals surface area contributed by atoms with Crippen LogP contribution in [0.15, 0.2) is 27.8 Å². The van der Waals surface area contributed by atoms with Crippen molar-refractivity contribution in [2.75, 3.05) is 0 Å². The first-order valence-corrected chi connectivity index (χ1v) is 7.29. The maximum Gasteiger partial charge on any atom is 0.181 e. The summed E-state index contributed by atoms with van der Waals surface area (Å²) in [7, 11) is 0. The number of rotatable bonds is 3. The van der Waals surface area contributed by atoms with Crippen LogP contribution in [0, 0.1) is 10.7 Å². The second-order valence-electron chi connectivity index (χ2n) is 4.85. The predicted molar refractivity (Wildman–Crippen MR) is 78.0 cm³/mol. The molecule has 0 unspecified atom stereocenters. The molecule has 0 atom stereocenters. The largest absolute Gasteiger partial charge is 0.292 e. The molecule has 2 aromatic rings. The van der Waals surface area contributed by atoms with Gasteiger partial charge in [-0.1, -0.05) is 5.18 Å². The average Bonchev–Trinajstić information content (AvgIpc) is 2.83. The van der Waals surface area contributed by atoms with Gasteiger partial charge in [-0.3, -0.25) is 4.79 Å². The van der Waals surface area contributed by atoms with Crippen LogP contribution in [0.1, 0.15) is 34.6 Å². The number of aromatic nitrogens is 2. The lowest BCUT2D eigenvalue weighted by Gasteiger charge is -2.13. The molecular weight excluding hydrogens is 341 g/mol. The Morgan fingerprint density at radius 2 is 2.19 bits per heavy atom. The fourth-order valence-electron chi connectivity index (χ4n) is 2.58. The fraction of sp³-hybridized carbons (Fsp3) is 0.286. The number of nitrogens with zero attached hydrogens (tertiary/aromatic N) is 3. The summed E-state index contributed by atoms with van der Waals surface area (Å²) in [5.74, 6) is -0.401. The van der Waals surface area contributed by atoms with Gasteiger partial charge in [0.2, 0.25) is 0 Å². The second kappa shape index (κ2) is 5.48. The number of halogens is 2. The van der Waals surface area contributed by atoms with Gasteiger partial charge in [-0.15, -0.1) is 0 Å². The summed E-state index contributed by atoms with van der Waals surface area (Å²) in [5, 5.41) is 7.20. The first kappa shape index (κ1) is 14.1. The zero-order chi connectivity index (χ0) is 15.0. The Kier molecular flexibility index (Phi) is 3.67. The Bertz CT molecular complexity index is 742. The van der Waals surface area contributed by atoms with Crippen molar-refractivity contribution in [3.05, 3.63) is 50.3 Å². The molecule has 3 rings (SSSR count). The molecule has 1 aliphatic carbocycles. The van der Waals surface area contributed by atoms with Gasteiger partial charge in [-0.2, -0.15) is 10.0 Å². The van der Waals surface area contributed by atoms with Gasteiger partial charge in [-0.05, 0) is 47.0 Å². The normalized spacial score (nSPS) is 14.1. The summed E-state index contributed by atoms with van der Waals surface area (Å²) >= 11 is 3.12. The van der Waals surface area contributed by atoms with Crippen LogP contribution in [0.2, 0.25) is 0 Å². The fourth-order valence-corrected chi connectivity index (χ4v) is 2.95. The van der Waals surface area contributed by atoms with Crippen molar-refractivity contribution in [2.24, 2.45) is 5.18 Å². The SMILES string of the molecule is O=NCc1nn(-c2ccc(F)c(Br)c2)c2c1CCCC2=O. The number of hydrogen-bond acceptors (Lipinski definition) is 4. The summed E-state index contributed by atoms with van der Waals surface area (Å²) in [6, 6.07) is 4.41. The molecule has 21 heavy (non-hydrogen) atoms. The van der Waals surface area contributed by atoms with Gasteiger partial charge in [0.25, 0.3) is 0 Å². The number of hydrogen-bond donors (Lipinski definition) is 0. The smallest absolute Gasteiger partial charge is 0.181 e. The first-order chi connectivity index (χ1) is 10.1. The van der Waals surface area contributed by atoms with Crippen molar-refractivity contribution >= 4 is 21.7 Å². The van der Waals surface area contributed by atoms with Gasteiger partial charge < -0.3 is 0 Å². The zero-order valence-electron chi connectivity index (χ0n) is 11.0. The standard InChI is InChI=1S/C14H11BrFN3O2/c15-10-6-8(4-5-11(10)16)19-14-9(2-1-3-13(14)20)12(18-19)7-17-21/h4-6H,1-3,7H2. The van der Waals surface area contributed by atoms with E-state index in [-0.39, 0.29) is 18.1 Å². The van der Waals surface area contributed by atoms with Crippen molar-refractivity contribution in [3.63, 3.8) is 0 Å². The minimum Gasteiger partial charge on any atom is -0.292 e. The number of carbonyl (C=O) groups excluding carboxylic acids is 1. The van der Waals surface area contributed by atoms with E-state index < -0.39 is 0 Å². The summed E-state index contributed by atoms with van der Waals surface area (Å²) < 4.78 is 15.1. The maximum absolute atomic E-state index is 13.4. The lowest BCUT2D eigenvalue weighted by molar-refractivity contribution is 0.0964. The molecule has 0 bridgehead atoms. The van der Waals surface area contributed by atoms with E-state index in [1.54, 1.807) is 12.1 Å². The van der Waals surface area contributed by atoms with E-state index in [4.69, 9.17) is 0 Å². The molecular formula is C14H11BrFN3O2. The average molecular weight is 352 g/mol. The monoisotopic (exact) mass is 351 g/mol. The van der Waals surface area contributed by atoms with Crippen LogP contribution in [0.3, 0.4) is 0 Å². The highest BCUT2D eigenvalue weighted by Gasteiger charge is 2.27. The maximum atomic E-state index is 13.4. The Morgan fingerprint density at radius 1 is 1.38 bits per heavy atom. The predicted octanol–water partition coefficient (Wildman–Crippen LogP) is 3.56. The molecule has 0 spiro atoms. The van der Waals surface area contributed by atoms with Gasteiger partial charge in [0.15, 0.2) is 5.78 Å². The van der Waals surface area contributed by atoms with Crippen LogP contribution >= 0.6 is 15.9 Å². The molecule has 7 heteroatoms. The molecule has 1 heterocycles. The second-order valence-corrected chi connectivity index (χ2v) is 5.70. The summed E-state index contributed by atoms with van der Waals surface area (Å²) in [4.78, 5) is 22.7. The summed E-state index contributed by atoms with van der Waals surface area (Å²) in [5.41, 5.74) is 2.37. The van der Waals surface area contributed by atoms with Crippen molar-refractivity contribution in [3.8, 4) is 5.69 Å². The van der Waals surface area contributed by atoms with Crippen molar-refractivity contribution in [1.82, 2.24) is 9.78 Å². The third-order valence-electron chi connectivity index (χ3n) is 3.52. The van der Waals surface area contributed by atoms with Crippen LogP contribution in [0.5, 0.6) is 0 Å². The third kappa shape index (κ3) is 2.42. The summed E-state index contributed by atoms with van der Waals surface area (Å²) in [6.07, 6.45) is 1.90. The van der Waals surface area contributed by atoms with E-state index in [0.717, 1.165) is 12.0 Å². The Labute approximate surface area is 128 Å². The molecule has 0 saturated heterocycles. The van der Waals surface area contributed by atoms with Gasteiger partial charge in [-0.25, -0.2) is 9.07 Å². The molecule has 1 aromatic carbocycles. The van der Waals surface area contributed by atoms with E-state index in [2.05, 4.69) is 26.2 Å². The zero-order valence-corrected chi connectivity index (χ0v) is 12.6. The molecule has 5 nitrogen and oxygen atoms in total. The van der Waals surface area contributed by atoms with Crippen LogP contribution in [0.25, 0.3) is 5.69 Å². The lowest BCUT2D eigenvalue weighted by Crippen LogP contribution is -2.15. The molecule has 108 valence electrons. The molecule has 0 fully saturated rings. The van der Waals surface area contributed by atoms with E-state index in [1.165, 1.54) is 10.7 Å². The Balaban J connectivity index is 2.19. The van der Waals surface area contributed by atoms with Crippen LogP contribution in [-0.4, -0.2) is 15.6 Å². The number of carbonyl (C=O) groups is 1. The minimum atomic E-state index is -0.388. The van der Waals surface area contributed by atoms with Gasteiger partial charge in [0, 0.05) is 12.0 Å². The molecule has 0 saturated carbocycles. The van der Waals surface area contributed by atoms with Crippen molar-refractivity contribution in [2.45, 2.75) is 25.8 Å². The first-order valence-electron chi connectivity index (χ1n) is 6.50. The van der Waals surface area contributed by atoms with Gasteiger partial charge >= 0.3 is 0 Å². The van der Waals surface area contributed by atoms with Gasteiger partial charge in [0.05, 0.1) is 15.9 Å². The summed E-state index contributed by atoms with van der Waals surface area (Å²) in [6.45, 7) is -0.0645. The topological polar surface area (TPSA) is 64.3 Å². The number of ketones is 1. The van der Waals surface area contributed by atoms with E-state index >= 15 is 0 Å². The van der Waals surface area contributed by atoms with E-state index in [0.29, 0.717) is 34.4 Å². The number of Topliss-reactive ketones (excluding diaryl/α,β-unsaturated/α-hetero) is 1. The lowest BCUT2D eigenvalue weighted by atomic mass is 9.94. The number of benzene rings is 1. The molecule has 1 aromatic heterocycles. The van der Waals surface area contributed by atoms with Crippen LogP contribution in [-0.2, 0) is 13.0 Å². The highest BCUT2D eigenvalue weighted by Crippen LogP contribution is 2.28. The number of nitroso groups, excluding NO2 is 1. The van der Waals surface area contributed by atoms with E-state index in [1.807, 2.05) is 0 Å². The number of fused-ring (bicyclic) bond motifs is 1. The molecule has 0 amide bonds. The molecule has 0 radical (unpaired) electrons. The highest BCUT2D eigenvalue weighted by molar-refractivity contribution is 9.10. The van der Waals surface area contributed by atoms with Crippen molar-refractivity contribution in [1.29, 1.82) is 0 Å². The quantitative estimate of drug-likeness (QED) is 0.794. The Hall–Kier alpha value is -1.89. The van der Waals surface area contributed by atoms with Crippen molar-refractivity contribution < 1.29 is 9.18 Å². The molecule has 1 aliphatic rings. The minimum absolute atomic E-state index is 0.0126. The van der Waals surface area contributed by atoms with E-state index in [9.17, 15) is 14.1 Å². The van der Waals surface area contributed by atoms with Crippen LogP contribution < -0.4 is 0 Å². The van der Waals surface area contributed by atoms with Gasteiger partial charge in [0.1, 0.15) is 18.1 Å². The van der Waals surface area contributed by atoms with Crippen LogP contribution in [0.4, 0.5) is 4.39 Å². The highest BCUT2D eigenvalue weighted by atomic mass is 79.9. The Morgan fingerprint density at radius 3 is 2.90 bits per heavy atom. The third-order valence-corrected chi connectivity index (χ3v) is 4.13. The molecule has 0 N–H and O–H groups in total. The molecule has 0 aliphatic heterocycles.